The molecule has 2 aliphatic carbocycles. The molecule has 0 bridgehead atoms. The van der Waals surface area contributed by atoms with Crippen molar-refractivity contribution in [2.24, 2.45) is 0 Å². The summed E-state index contributed by atoms with van der Waals surface area (Å²) in [5, 5.41) is 24.1. The van der Waals surface area contributed by atoms with Crippen LogP contribution in [0.2, 0.25) is 0 Å². The minimum atomic E-state index is -1.40. The van der Waals surface area contributed by atoms with Crippen molar-refractivity contribution in [1.82, 2.24) is 10.6 Å². The zero-order valence-corrected chi connectivity index (χ0v) is 19.1. The normalized spacial score (nSPS) is 17.8. The van der Waals surface area contributed by atoms with Gasteiger partial charge in [-0.2, -0.15) is 0 Å². The Balaban J connectivity index is 1.40. The number of amides is 2. The van der Waals surface area contributed by atoms with E-state index < -0.39 is 35.7 Å². The molecule has 2 aliphatic rings. The molecular formula is C26H30N2O6. The summed E-state index contributed by atoms with van der Waals surface area (Å²) in [4.78, 5) is 36.7. The fraction of sp³-hybridized carbons (Fsp3) is 0.423. The lowest BCUT2D eigenvalue weighted by Crippen LogP contribution is -2.53. The number of fused-ring (bicyclic) bond motifs is 3. The molecule has 2 amide bonds. The number of alkyl carbamates (subject to hydrolysis) is 1. The van der Waals surface area contributed by atoms with Crippen molar-refractivity contribution in [2.45, 2.75) is 62.6 Å². The molecule has 1 fully saturated rings. The number of rotatable bonds is 8. The van der Waals surface area contributed by atoms with Crippen molar-refractivity contribution < 1.29 is 29.3 Å². The average Bonchev–Trinajstić information content (AvgIpc) is 3.38. The lowest BCUT2D eigenvalue weighted by molar-refractivity contribution is -0.145. The molecule has 2 aromatic carbocycles. The van der Waals surface area contributed by atoms with Gasteiger partial charge < -0.3 is 25.6 Å². The van der Waals surface area contributed by atoms with Crippen LogP contribution in [0.15, 0.2) is 48.5 Å². The number of benzene rings is 2. The van der Waals surface area contributed by atoms with Gasteiger partial charge in [0.25, 0.3) is 0 Å². The fourth-order valence-corrected chi connectivity index (χ4v) is 5.17. The number of carbonyl (C=O) groups excluding carboxylic acids is 2. The van der Waals surface area contributed by atoms with Crippen molar-refractivity contribution >= 4 is 18.0 Å². The van der Waals surface area contributed by atoms with Crippen LogP contribution in [0.4, 0.5) is 4.79 Å². The number of carbonyl (C=O) groups is 3. The second kappa shape index (κ2) is 9.85. The van der Waals surface area contributed by atoms with Gasteiger partial charge in [-0.05, 0) is 42.0 Å². The molecular weight excluding hydrogens is 436 g/mol. The van der Waals surface area contributed by atoms with Crippen LogP contribution in [0.1, 0.15) is 56.1 Å². The molecule has 0 radical (unpaired) electrons. The summed E-state index contributed by atoms with van der Waals surface area (Å²) < 4.78 is 5.65. The molecule has 8 heteroatoms. The van der Waals surface area contributed by atoms with E-state index >= 15 is 0 Å². The summed E-state index contributed by atoms with van der Waals surface area (Å²) >= 11 is 0. The molecule has 0 heterocycles. The Morgan fingerprint density at radius 2 is 1.59 bits per heavy atom. The Labute approximate surface area is 198 Å². The molecule has 2 aromatic rings. The van der Waals surface area contributed by atoms with E-state index in [1.807, 2.05) is 36.4 Å². The minimum Gasteiger partial charge on any atom is -0.480 e. The fourth-order valence-electron chi connectivity index (χ4n) is 5.17. The highest BCUT2D eigenvalue weighted by molar-refractivity contribution is 5.85. The van der Waals surface area contributed by atoms with Gasteiger partial charge in [-0.1, -0.05) is 61.4 Å². The Hall–Kier alpha value is -3.39. The van der Waals surface area contributed by atoms with Crippen LogP contribution in [0.5, 0.6) is 0 Å². The van der Waals surface area contributed by atoms with E-state index in [2.05, 4.69) is 22.8 Å². The maximum absolute atomic E-state index is 12.8. The first-order valence-corrected chi connectivity index (χ1v) is 11.6. The summed E-state index contributed by atoms with van der Waals surface area (Å²) in [5.41, 5.74) is 3.71. The number of hydrogen-bond donors (Lipinski definition) is 4. The molecule has 8 nitrogen and oxygen atoms in total. The highest BCUT2D eigenvalue weighted by Crippen LogP contribution is 2.44. The third kappa shape index (κ3) is 4.92. The van der Waals surface area contributed by atoms with Gasteiger partial charge in [0.1, 0.15) is 6.61 Å². The first-order chi connectivity index (χ1) is 16.3. The lowest BCUT2D eigenvalue weighted by Gasteiger charge is -2.30. The number of carboxylic acids is 1. The molecule has 0 aromatic heterocycles. The van der Waals surface area contributed by atoms with E-state index in [1.165, 1.54) is 6.92 Å². The largest absolute Gasteiger partial charge is 0.480 e. The van der Waals surface area contributed by atoms with Crippen LogP contribution in [-0.4, -0.2) is 52.5 Å². The van der Waals surface area contributed by atoms with E-state index in [0.717, 1.165) is 35.1 Å². The summed E-state index contributed by atoms with van der Waals surface area (Å²) in [6.45, 7) is 1.48. The maximum atomic E-state index is 12.8. The molecule has 34 heavy (non-hydrogen) atoms. The number of carboxylic acid groups (broad SMARTS) is 1. The van der Waals surface area contributed by atoms with Crippen LogP contribution < -0.4 is 10.6 Å². The lowest BCUT2D eigenvalue weighted by atomic mass is 9.92. The van der Waals surface area contributed by atoms with Gasteiger partial charge in [-0.25, -0.2) is 9.59 Å². The van der Waals surface area contributed by atoms with Crippen molar-refractivity contribution in [3.05, 3.63) is 59.7 Å². The van der Waals surface area contributed by atoms with E-state index in [-0.39, 0.29) is 18.9 Å². The molecule has 0 unspecified atom stereocenters. The third-order valence-corrected chi connectivity index (χ3v) is 6.84. The zero-order chi connectivity index (χ0) is 24.3. The second-order valence-electron chi connectivity index (χ2n) is 9.24. The molecule has 180 valence electrons. The molecule has 0 aliphatic heterocycles. The Morgan fingerprint density at radius 1 is 1.03 bits per heavy atom. The number of hydrogen-bond acceptors (Lipinski definition) is 5. The SMILES string of the molecule is C[C@@H](O)[C@H](NC(=O)CC1(NC(=O)OCC2c3ccccc3-c3ccccc32)CCCC1)C(=O)O. The standard InChI is InChI=1S/C26H30N2O6/c1-16(29)23(24(31)32)27-22(30)14-26(12-6-7-13-26)28-25(33)34-15-21-19-10-4-2-8-17(19)18-9-3-5-11-20(18)21/h2-5,8-11,16,21,23,29H,6-7,12-15H2,1H3,(H,27,30)(H,28,33)(H,31,32)/t16-,23+/m1/s1. The number of aliphatic hydroxyl groups is 1. The summed E-state index contributed by atoms with van der Waals surface area (Å²) in [5.74, 6) is -1.91. The molecule has 4 rings (SSSR count). The molecule has 0 saturated heterocycles. The van der Waals surface area contributed by atoms with Crippen LogP contribution in [0.3, 0.4) is 0 Å². The monoisotopic (exact) mass is 466 g/mol. The summed E-state index contributed by atoms with van der Waals surface area (Å²) in [6, 6.07) is 14.8. The predicted molar refractivity (Wildman–Crippen MR) is 125 cm³/mol. The first kappa shape index (κ1) is 23.8. The number of aliphatic carboxylic acids is 1. The topological polar surface area (TPSA) is 125 Å². The molecule has 0 spiro atoms. The van der Waals surface area contributed by atoms with Gasteiger partial charge in [0.05, 0.1) is 11.6 Å². The Bertz CT molecular complexity index is 1030. The van der Waals surface area contributed by atoms with E-state index in [9.17, 15) is 24.6 Å². The van der Waals surface area contributed by atoms with Crippen LogP contribution in [-0.2, 0) is 14.3 Å². The summed E-state index contributed by atoms with van der Waals surface area (Å²) in [6.07, 6.45) is 0.964. The minimum absolute atomic E-state index is 0.0663. The van der Waals surface area contributed by atoms with Crippen LogP contribution in [0.25, 0.3) is 11.1 Å². The van der Waals surface area contributed by atoms with E-state index in [4.69, 9.17) is 4.74 Å². The quantitative estimate of drug-likeness (QED) is 0.474. The number of nitrogens with one attached hydrogen (secondary N) is 2. The molecule has 2 atom stereocenters. The first-order valence-electron chi connectivity index (χ1n) is 11.6. The van der Waals surface area contributed by atoms with Crippen molar-refractivity contribution in [3.63, 3.8) is 0 Å². The van der Waals surface area contributed by atoms with Gasteiger partial charge in [0.15, 0.2) is 6.04 Å². The average molecular weight is 467 g/mol. The highest BCUT2D eigenvalue weighted by atomic mass is 16.5. The van der Waals surface area contributed by atoms with Gasteiger partial charge >= 0.3 is 12.1 Å². The van der Waals surface area contributed by atoms with Crippen molar-refractivity contribution in [2.75, 3.05) is 6.61 Å². The van der Waals surface area contributed by atoms with E-state index in [0.29, 0.717) is 12.8 Å². The smallest absolute Gasteiger partial charge is 0.407 e. The second-order valence-corrected chi connectivity index (χ2v) is 9.24. The highest BCUT2D eigenvalue weighted by Gasteiger charge is 2.39. The molecule has 1 saturated carbocycles. The van der Waals surface area contributed by atoms with Crippen LogP contribution >= 0.6 is 0 Å². The molecule has 4 N–H and O–H groups in total. The van der Waals surface area contributed by atoms with Gasteiger partial charge in [0, 0.05) is 12.3 Å². The number of aliphatic hydroxyl groups excluding tert-OH is 1. The summed E-state index contributed by atoms with van der Waals surface area (Å²) in [7, 11) is 0. The van der Waals surface area contributed by atoms with Gasteiger partial charge in [-0.3, -0.25) is 4.79 Å². The van der Waals surface area contributed by atoms with Crippen LogP contribution in [0, 0.1) is 0 Å². The maximum Gasteiger partial charge on any atom is 0.407 e. The van der Waals surface area contributed by atoms with Gasteiger partial charge in [0.2, 0.25) is 5.91 Å². The predicted octanol–water partition coefficient (Wildman–Crippen LogP) is 3.18. The van der Waals surface area contributed by atoms with E-state index in [1.54, 1.807) is 0 Å². The number of ether oxygens (including phenoxy) is 1. The Kier molecular flexibility index (Phi) is 6.88. The Morgan fingerprint density at radius 3 is 2.12 bits per heavy atom. The van der Waals surface area contributed by atoms with Gasteiger partial charge in [-0.15, -0.1) is 0 Å². The van der Waals surface area contributed by atoms with Crippen molar-refractivity contribution in [3.8, 4) is 11.1 Å². The zero-order valence-electron chi connectivity index (χ0n) is 19.1. The van der Waals surface area contributed by atoms with Crippen molar-refractivity contribution in [1.29, 1.82) is 0 Å². The third-order valence-electron chi connectivity index (χ3n) is 6.84.